The fourth-order valence-electron chi connectivity index (χ4n) is 2.80. The molecule has 0 radical (unpaired) electrons. The van der Waals surface area contributed by atoms with Gasteiger partial charge in [-0.05, 0) is 55.0 Å². The van der Waals surface area contributed by atoms with Crippen LogP contribution in [0.15, 0.2) is 72.3 Å². The van der Waals surface area contributed by atoms with E-state index < -0.39 is 11.8 Å². The number of carbonyl (C=O) groups excluding carboxylic acids is 2. The number of ether oxygens (including phenoxy) is 1. The highest BCUT2D eigenvalue weighted by atomic mass is 35.5. The van der Waals surface area contributed by atoms with Gasteiger partial charge in [0.25, 0.3) is 11.8 Å². The van der Waals surface area contributed by atoms with E-state index in [4.69, 9.17) is 27.9 Å². The molecule has 6 nitrogen and oxygen atoms in total. The molecule has 32 heavy (non-hydrogen) atoms. The van der Waals surface area contributed by atoms with E-state index in [0.29, 0.717) is 33.6 Å². The van der Waals surface area contributed by atoms with Crippen molar-refractivity contribution < 1.29 is 19.4 Å². The highest BCUT2D eigenvalue weighted by Crippen LogP contribution is 2.29. The van der Waals surface area contributed by atoms with Gasteiger partial charge in [-0.25, -0.2) is 0 Å². The summed E-state index contributed by atoms with van der Waals surface area (Å²) in [7, 11) is 0. The van der Waals surface area contributed by atoms with Gasteiger partial charge in [-0.1, -0.05) is 53.5 Å². The third kappa shape index (κ3) is 5.81. The first-order chi connectivity index (χ1) is 15.4. The van der Waals surface area contributed by atoms with Crippen LogP contribution in [0.4, 0.5) is 11.4 Å². The number of para-hydroxylation sites is 2. The minimum absolute atomic E-state index is 0.0495. The number of anilines is 2. The van der Waals surface area contributed by atoms with Crippen LogP contribution in [0.5, 0.6) is 11.5 Å². The zero-order valence-electron chi connectivity index (χ0n) is 17.1. The molecule has 0 aromatic heterocycles. The lowest BCUT2D eigenvalue weighted by Crippen LogP contribution is -2.25. The maximum Gasteiger partial charge on any atom is 0.261 e. The predicted molar refractivity (Wildman–Crippen MR) is 127 cm³/mol. The van der Waals surface area contributed by atoms with Crippen LogP contribution < -0.4 is 15.4 Å². The van der Waals surface area contributed by atoms with Crippen molar-refractivity contribution in [2.24, 2.45) is 0 Å². The molecule has 0 unspecified atom stereocenters. The van der Waals surface area contributed by atoms with E-state index in [1.807, 2.05) is 0 Å². The molecule has 3 rings (SSSR count). The van der Waals surface area contributed by atoms with Crippen LogP contribution in [-0.4, -0.2) is 23.5 Å². The molecule has 3 N–H and O–H groups in total. The number of benzene rings is 3. The molecular weight excluding hydrogens is 451 g/mol. The second kappa shape index (κ2) is 10.7. The van der Waals surface area contributed by atoms with E-state index in [0.717, 1.165) is 0 Å². The summed E-state index contributed by atoms with van der Waals surface area (Å²) >= 11 is 12.3. The number of aromatic hydroxyl groups is 1. The van der Waals surface area contributed by atoms with Gasteiger partial charge in [0.15, 0.2) is 11.5 Å². The molecule has 0 heterocycles. The van der Waals surface area contributed by atoms with Crippen LogP contribution in [0.3, 0.4) is 0 Å². The number of nitrogens with one attached hydrogen (secondary N) is 2. The SMILES string of the molecule is CCOc1cc(C=C(C(=O)Nc2ccccc2Cl)C(=O)Nc2ccccc2Cl)ccc1O. The summed E-state index contributed by atoms with van der Waals surface area (Å²) in [6.07, 6.45) is 1.39. The van der Waals surface area contributed by atoms with Crippen molar-refractivity contribution in [1.29, 1.82) is 0 Å². The number of phenolic OH excluding ortho intramolecular Hbond substituents is 1. The summed E-state index contributed by atoms with van der Waals surface area (Å²) in [5.74, 6) is -1.16. The van der Waals surface area contributed by atoms with Gasteiger partial charge < -0.3 is 20.5 Å². The van der Waals surface area contributed by atoms with Crippen molar-refractivity contribution in [2.45, 2.75) is 6.92 Å². The molecule has 164 valence electrons. The van der Waals surface area contributed by atoms with Gasteiger partial charge in [0.05, 0.1) is 28.0 Å². The molecule has 0 aliphatic heterocycles. The van der Waals surface area contributed by atoms with Crippen LogP contribution in [-0.2, 0) is 9.59 Å². The molecule has 8 heteroatoms. The van der Waals surface area contributed by atoms with Gasteiger partial charge in [0.1, 0.15) is 5.57 Å². The highest BCUT2D eigenvalue weighted by Gasteiger charge is 2.21. The molecule has 0 saturated carbocycles. The number of hydrogen-bond acceptors (Lipinski definition) is 4. The molecule has 0 aliphatic rings. The molecule has 0 fully saturated rings. The fourth-order valence-corrected chi connectivity index (χ4v) is 3.16. The molecule has 3 aromatic carbocycles. The van der Waals surface area contributed by atoms with Crippen molar-refractivity contribution in [3.05, 3.63) is 87.9 Å². The fraction of sp³-hybridized carbons (Fsp3) is 0.0833. The molecule has 3 aromatic rings. The second-order valence-electron chi connectivity index (χ2n) is 6.59. The summed E-state index contributed by atoms with van der Waals surface area (Å²) < 4.78 is 5.39. The van der Waals surface area contributed by atoms with Gasteiger partial charge in [0.2, 0.25) is 0 Å². The summed E-state index contributed by atoms with van der Waals surface area (Å²) in [4.78, 5) is 26.1. The van der Waals surface area contributed by atoms with E-state index in [-0.39, 0.29) is 17.1 Å². The van der Waals surface area contributed by atoms with Gasteiger partial charge >= 0.3 is 0 Å². The lowest BCUT2D eigenvalue weighted by molar-refractivity contribution is -0.118. The Morgan fingerprint density at radius 3 is 1.94 bits per heavy atom. The normalized spacial score (nSPS) is 10.2. The van der Waals surface area contributed by atoms with Crippen LogP contribution in [0.2, 0.25) is 10.0 Å². The lowest BCUT2D eigenvalue weighted by Gasteiger charge is -2.12. The Kier molecular flexibility index (Phi) is 7.76. The molecule has 0 spiro atoms. The molecule has 2 amide bonds. The number of amides is 2. The topological polar surface area (TPSA) is 87.7 Å². The minimum atomic E-state index is -0.673. The summed E-state index contributed by atoms with van der Waals surface area (Å²) in [6.45, 7) is 2.12. The van der Waals surface area contributed by atoms with Gasteiger partial charge in [-0.15, -0.1) is 0 Å². The Hall–Kier alpha value is -3.48. The quantitative estimate of drug-likeness (QED) is 0.232. The number of carbonyl (C=O) groups is 2. The molecule has 0 aliphatic carbocycles. The first-order valence-electron chi connectivity index (χ1n) is 9.68. The predicted octanol–water partition coefficient (Wildman–Crippen LogP) is 5.76. The maximum atomic E-state index is 13.1. The average molecular weight is 471 g/mol. The van der Waals surface area contributed by atoms with Gasteiger partial charge in [-0.3, -0.25) is 9.59 Å². The first kappa shape index (κ1) is 23.2. The molecule has 0 atom stereocenters. The number of phenols is 1. The zero-order chi connectivity index (χ0) is 23.1. The van der Waals surface area contributed by atoms with Crippen molar-refractivity contribution in [3.8, 4) is 11.5 Å². The van der Waals surface area contributed by atoms with Crippen LogP contribution in [0.25, 0.3) is 6.08 Å². The Labute approximate surface area is 195 Å². The van der Waals surface area contributed by atoms with Gasteiger partial charge in [-0.2, -0.15) is 0 Å². The standard InChI is InChI=1S/C24H20Cl2N2O4/c1-2-32-22-14-15(11-12-21(22)29)13-16(23(30)27-19-9-5-3-7-17(19)25)24(31)28-20-10-6-4-8-18(20)26/h3-14,29H,2H2,1H3,(H,27,30)(H,28,31). The lowest BCUT2D eigenvalue weighted by atomic mass is 10.1. The summed E-state index contributed by atoms with van der Waals surface area (Å²) in [5, 5.41) is 15.9. The van der Waals surface area contributed by atoms with Crippen molar-refractivity contribution >= 4 is 52.5 Å². The zero-order valence-corrected chi connectivity index (χ0v) is 18.6. The molecule has 0 bridgehead atoms. The Balaban J connectivity index is 1.98. The van der Waals surface area contributed by atoms with E-state index in [1.165, 1.54) is 18.2 Å². The third-order valence-electron chi connectivity index (χ3n) is 4.33. The Morgan fingerprint density at radius 2 is 1.44 bits per heavy atom. The van der Waals surface area contributed by atoms with Crippen LogP contribution in [0.1, 0.15) is 12.5 Å². The van der Waals surface area contributed by atoms with E-state index in [9.17, 15) is 14.7 Å². The van der Waals surface area contributed by atoms with Gasteiger partial charge in [0, 0.05) is 0 Å². The summed E-state index contributed by atoms with van der Waals surface area (Å²) in [6, 6.07) is 17.9. The Morgan fingerprint density at radius 1 is 0.906 bits per heavy atom. The van der Waals surface area contributed by atoms with Crippen LogP contribution in [0, 0.1) is 0 Å². The largest absolute Gasteiger partial charge is 0.504 e. The van der Waals surface area contributed by atoms with Crippen molar-refractivity contribution in [2.75, 3.05) is 17.2 Å². The monoisotopic (exact) mass is 470 g/mol. The van der Waals surface area contributed by atoms with E-state index >= 15 is 0 Å². The first-order valence-corrected chi connectivity index (χ1v) is 10.4. The van der Waals surface area contributed by atoms with Crippen molar-refractivity contribution in [1.82, 2.24) is 0 Å². The van der Waals surface area contributed by atoms with Crippen molar-refractivity contribution in [3.63, 3.8) is 0 Å². The number of hydrogen-bond donors (Lipinski definition) is 3. The second-order valence-corrected chi connectivity index (χ2v) is 7.40. The summed E-state index contributed by atoms with van der Waals surface area (Å²) in [5.41, 5.74) is 0.996. The van der Waals surface area contributed by atoms with E-state index in [2.05, 4.69) is 10.6 Å². The smallest absolute Gasteiger partial charge is 0.261 e. The number of halogens is 2. The van der Waals surface area contributed by atoms with E-state index in [1.54, 1.807) is 61.5 Å². The average Bonchev–Trinajstić information content (AvgIpc) is 2.77. The highest BCUT2D eigenvalue weighted by molar-refractivity contribution is 6.36. The third-order valence-corrected chi connectivity index (χ3v) is 4.99. The minimum Gasteiger partial charge on any atom is -0.504 e. The maximum absolute atomic E-state index is 13.1. The Bertz CT molecular complexity index is 1120. The number of rotatable bonds is 7. The molecular formula is C24H20Cl2N2O4. The van der Waals surface area contributed by atoms with Crippen LogP contribution >= 0.6 is 23.2 Å². The molecule has 0 saturated heterocycles.